The molecule has 0 saturated carbocycles. The van der Waals surface area contributed by atoms with Gasteiger partial charge in [-0.2, -0.15) is 5.10 Å². The second-order valence-electron chi connectivity index (χ2n) is 10.1. The molecule has 0 aliphatic rings. The van der Waals surface area contributed by atoms with E-state index in [2.05, 4.69) is 26.0 Å². The molecular weight excluding hydrogens is 465 g/mol. The molecule has 2 atom stereocenters. The number of aromatic nitrogens is 3. The van der Waals surface area contributed by atoms with Crippen molar-refractivity contribution in [3.05, 3.63) is 41.8 Å². The first-order valence-electron chi connectivity index (χ1n) is 11.7. The number of nitrogens with two attached hydrogens (primary N) is 1. The fourth-order valence-electron chi connectivity index (χ4n) is 3.86. The van der Waals surface area contributed by atoms with Gasteiger partial charge in [-0.25, -0.2) is 14.2 Å². The van der Waals surface area contributed by atoms with E-state index in [1.54, 1.807) is 44.6 Å². The number of nitrogens with zero attached hydrogens (tertiary/aromatic N) is 3. The van der Waals surface area contributed by atoms with Crippen molar-refractivity contribution < 1.29 is 18.7 Å². The Balaban J connectivity index is 1.89. The number of ether oxygens (including phenoxy) is 1. The van der Waals surface area contributed by atoms with Crippen molar-refractivity contribution in [2.75, 3.05) is 10.6 Å². The SMILES string of the molecule is CC(C)[C@@H](Nc1nc(Nc2ccc3c(cnn3C)c2)c(C(N)=O)cc1F)[C@H](C)NC(=O)OC(C)(C)C. The summed E-state index contributed by atoms with van der Waals surface area (Å²) in [6, 6.07) is 5.73. The molecule has 3 rings (SSSR count). The summed E-state index contributed by atoms with van der Waals surface area (Å²) in [5, 5.41) is 14.0. The number of aryl methyl sites for hydroxylation is 1. The zero-order valence-electron chi connectivity index (χ0n) is 21.6. The Morgan fingerprint density at radius 2 is 1.83 bits per heavy atom. The molecule has 1 aromatic carbocycles. The lowest BCUT2D eigenvalue weighted by atomic mass is 9.97. The number of pyridine rings is 1. The average Bonchev–Trinajstić information content (AvgIpc) is 3.11. The van der Waals surface area contributed by atoms with Gasteiger partial charge >= 0.3 is 6.09 Å². The van der Waals surface area contributed by atoms with E-state index in [1.165, 1.54) is 0 Å². The number of nitrogens with one attached hydrogen (secondary N) is 3. The van der Waals surface area contributed by atoms with E-state index >= 15 is 4.39 Å². The van der Waals surface area contributed by atoms with Gasteiger partial charge in [-0.05, 0) is 57.9 Å². The molecule has 0 fully saturated rings. The quantitative estimate of drug-likeness (QED) is 0.363. The fraction of sp³-hybridized carbons (Fsp3) is 0.440. The lowest BCUT2D eigenvalue weighted by Crippen LogP contribution is -2.49. The first-order valence-corrected chi connectivity index (χ1v) is 11.7. The van der Waals surface area contributed by atoms with Crippen LogP contribution in [0.2, 0.25) is 0 Å². The summed E-state index contributed by atoms with van der Waals surface area (Å²) < 4.78 is 22.1. The maximum atomic E-state index is 15.0. The minimum atomic E-state index is -0.821. The summed E-state index contributed by atoms with van der Waals surface area (Å²) in [5.74, 6) is -1.56. The Kier molecular flexibility index (Phi) is 7.71. The second-order valence-corrected chi connectivity index (χ2v) is 10.1. The van der Waals surface area contributed by atoms with Gasteiger partial charge in [-0.1, -0.05) is 13.8 Å². The number of halogens is 1. The van der Waals surface area contributed by atoms with Crippen LogP contribution in [-0.4, -0.2) is 44.4 Å². The van der Waals surface area contributed by atoms with Crippen LogP contribution >= 0.6 is 0 Å². The van der Waals surface area contributed by atoms with Crippen molar-refractivity contribution in [1.29, 1.82) is 0 Å². The number of anilines is 3. The van der Waals surface area contributed by atoms with Gasteiger partial charge in [-0.3, -0.25) is 9.48 Å². The van der Waals surface area contributed by atoms with Gasteiger partial charge in [0.2, 0.25) is 0 Å². The second kappa shape index (κ2) is 10.4. The Labute approximate surface area is 209 Å². The molecule has 5 N–H and O–H groups in total. The number of carbonyl (C=O) groups excluding carboxylic acids is 2. The van der Waals surface area contributed by atoms with Gasteiger partial charge in [0, 0.05) is 30.2 Å². The number of fused-ring (bicyclic) bond motifs is 1. The van der Waals surface area contributed by atoms with E-state index < -0.39 is 35.5 Å². The lowest BCUT2D eigenvalue weighted by molar-refractivity contribution is 0.0499. The van der Waals surface area contributed by atoms with Crippen LogP contribution in [-0.2, 0) is 11.8 Å². The number of benzene rings is 1. The van der Waals surface area contributed by atoms with E-state index in [4.69, 9.17) is 10.5 Å². The molecule has 36 heavy (non-hydrogen) atoms. The van der Waals surface area contributed by atoms with Crippen LogP contribution < -0.4 is 21.7 Å². The highest BCUT2D eigenvalue weighted by Gasteiger charge is 2.27. The van der Waals surface area contributed by atoms with Crippen molar-refractivity contribution in [3.8, 4) is 0 Å². The molecule has 2 aromatic heterocycles. The van der Waals surface area contributed by atoms with Gasteiger partial charge in [0.1, 0.15) is 11.4 Å². The first kappa shape index (κ1) is 26.7. The van der Waals surface area contributed by atoms with E-state index in [1.807, 2.05) is 33.0 Å². The smallest absolute Gasteiger partial charge is 0.407 e. The zero-order valence-corrected chi connectivity index (χ0v) is 21.6. The summed E-state index contributed by atoms with van der Waals surface area (Å²) in [7, 11) is 1.84. The molecule has 0 unspecified atom stereocenters. The number of alkyl carbamates (subject to hydrolysis) is 1. The van der Waals surface area contributed by atoms with Gasteiger partial charge in [0.25, 0.3) is 5.91 Å². The predicted octanol–water partition coefficient (Wildman–Crippen LogP) is 4.30. The number of hydrogen-bond donors (Lipinski definition) is 4. The first-order chi connectivity index (χ1) is 16.7. The molecule has 2 heterocycles. The Morgan fingerprint density at radius 3 is 2.44 bits per heavy atom. The average molecular weight is 500 g/mol. The molecule has 0 spiro atoms. The maximum absolute atomic E-state index is 15.0. The number of carbonyl (C=O) groups is 2. The Hall–Kier alpha value is -3.89. The fourth-order valence-corrected chi connectivity index (χ4v) is 3.86. The van der Waals surface area contributed by atoms with E-state index in [0.29, 0.717) is 5.69 Å². The number of primary amides is 1. The molecule has 0 aliphatic carbocycles. The van der Waals surface area contributed by atoms with Crippen LogP contribution in [0.3, 0.4) is 0 Å². The minimum Gasteiger partial charge on any atom is -0.444 e. The molecule has 0 aliphatic heterocycles. The third kappa shape index (κ3) is 6.41. The summed E-state index contributed by atoms with van der Waals surface area (Å²) in [6.45, 7) is 11.0. The van der Waals surface area contributed by atoms with E-state index in [9.17, 15) is 9.59 Å². The summed E-state index contributed by atoms with van der Waals surface area (Å²) in [6.07, 6.45) is 1.14. The minimum absolute atomic E-state index is 0.0173. The lowest BCUT2D eigenvalue weighted by Gasteiger charge is -2.31. The van der Waals surface area contributed by atoms with Crippen LogP contribution in [0.4, 0.5) is 26.5 Å². The van der Waals surface area contributed by atoms with Crippen molar-refractivity contribution >= 4 is 40.2 Å². The van der Waals surface area contributed by atoms with Crippen LogP contribution in [0.5, 0.6) is 0 Å². The van der Waals surface area contributed by atoms with Crippen LogP contribution in [0, 0.1) is 11.7 Å². The topological polar surface area (TPSA) is 136 Å². The third-order valence-corrected chi connectivity index (χ3v) is 5.56. The summed E-state index contributed by atoms with van der Waals surface area (Å²) in [5.41, 5.74) is 6.32. The highest BCUT2D eigenvalue weighted by Crippen LogP contribution is 2.27. The van der Waals surface area contributed by atoms with Crippen molar-refractivity contribution in [3.63, 3.8) is 0 Å². The molecule has 0 saturated heterocycles. The molecule has 11 heteroatoms. The zero-order chi connectivity index (χ0) is 26.8. The van der Waals surface area contributed by atoms with Crippen LogP contribution in [0.1, 0.15) is 51.9 Å². The van der Waals surface area contributed by atoms with Crippen LogP contribution in [0.15, 0.2) is 30.5 Å². The molecular formula is C25H34FN7O3. The molecule has 0 radical (unpaired) electrons. The Bertz CT molecular complexity index is 1270. The molecule has 3 aromatic rings. The standard InChI is InChI=1S/C25H34FN7O3/c1-13(2)20(14(3)29-24(35)36-25(4,5)6)31-23-18(26)11-17(21(27)34)22(32-23)30-16-8-9-19-15(10-16)12-28-33(19)7/h8-14,20H,1-7H3,(H2,27,34)(H,29,35)(H2,30,31,32)/t14-,20+/m0/s1. The summed E-state index contributed by atoms with van der Waals surface area (Å²) >= 11 is 0. The van der Waals surface area contributed by atoms with Gasteiger partial charge in [-0.15, -0.1) is 0 Å². The van der Waals surface area contributed by atoms with E-state index in [0.717, 1.165) is 17.0 Å². The van der Waals surface area contributed by atoms with E-state index in [-0.39, 0.29) is 23.1 Å². The number of hydrogen-bond acceptors (Lipinski definition) is 7. The molecule has 2 amide bonds. The molecule has 0 bridgehead atoms. The number of amides is 2. The van der Waals surface area contributed by atoms with Crippen molar-refractivity contribution in [1.82, 2.24) is 20.1 Å². The Morgan fingerprint density at radius 1 is 1.14 bits per heavy atom. The van der Waals surface area contributed by atoms with Gasteiger partial charge in [0.15, 0.2) is 11.6 Å². The van der Waals surface area contributed by atoms with Crippen molar-refractivity contribution in [2.45, 2.75) is 59.2 Å². The third-order valence-electron chi connectivity index (χ3n) is 5.56. The number of rotatable bonds is 8. The van der Waals surface area contributed by atoms with Gasteiger partial charge < -0.3 is 26.4 Å². The van der Waals surface area contributed by atoms with Crippen LogP contribution in [0.25, 0.3) is 10.9 Å². The normalized spacial score (nSPS) is 13.4. The van der Waals surface area contributed by atoms with Gasteiger partial charge in [0.05, 0.1) is 17.3 Å². The highest BCUT2D eigenvalue weighted by molar-refractivity contribution is 5.99. The largest absolute Gasteiger partial charge is 0.444 e. The summed E-state index contributed by atoms with van der Waals surface area (Å²) in [4.78, 5) is 28.7. The monoisotopic (exact) mass is 499 g/mol. The maximum Gasteiger partial charge on any atom is 0.407 e. The molecule has 194 valence electrons. The predicted molar refractivity (Wildman–Crippen MR) is 138 cm³/mol. The van der Waals surface area contributed by atoms with Crippen molar-refractivity contribution in [2.24, 2.45) is 18.7 Å². The highest BCUT2D eigenvalue weighted by atomic mass is 19.1. The molecule has 10 nitrogen and oxygen atoms in total.